The van der Waals surface area contributed by atoms with E-state index >= 15 is 0 Å². The van der Waals surface area contributed by atoms with Gasteiger partial charge >= 0.3 is 0 Å². The van der Waals surface area contributed by atoms with E-state index in [4.69, 9.17) is 0 Å². The zero-order valence-electron chi connectivity index (χ0n) is 13.2. The van der Waals surface area contributed by atoms with Gasteiger partial charge < -0.3 is 10.6 Å². The van der Waals surface area contributed by atoms with Crippen LogP contribution in [0.25, 0.3) is 10.9 Å². The predicted molar refractivity (Wildman–Crippen MR) is 105 cm³/mol. The van der Waals surface area contributed by atoms with Gasteiger partial charge in [-0.25, -0.2) is 4.98 Å². The second-order valence-corrected chi connectivity index (χ2v) is 6.94. The lowest BCUT2D eigenvalue weighted by Gasteiger charge is -2.13. The van der Waals surface area contributed by atoms with Crippen LogP contribution in [0.15, 0.2) is 48.5 Å². The highest BCUT2D eigenvalue weighted by Crippen LogP contribution is 2.22. The summed E-state index contributed by atoms with van der Waals surface area (Å²) in [5.41, 5.74) is 2.17. The number of fused-ring (bicyclic) bond motifs is 1. The van der Waals surface area contributed by atoms with E-state index < -0.39 is 0 Å². The van der Waals surface area contributed by atoms with Gasteiger partial charge in [-0.2, -0.15) is 4.98 Å². The number of benzene rings is 2. The second kappa shape index (κ2) is 7.12. The van der Waals surface area contributed by atoms with Gasteiger partial charge in [0.05, 0.1) is 5.52 Å². The van der Waals surface area contributed by atoms with E-state index in [1.807, 2.05) is 24.3 Å². The van der Waals surface area contributed by atoms with Crippen LogP contribution < -0.4 is 10.6 Å². The Bertz CT molecular complexity index is 800. The zero-order chi connectivity index (χ0) is 16.2. The molecule has 23 heavy (non-hydrogen) atoms. The second-order valence-electron chi connectivity index (χ2n) is 5.69. The first-order valence-corrected chi connectivity index (χ1v) is 8.71. The van der Waals surface area contributed by atoms with Crippen molar-refractivity contribution in [2.24, 2.45) is 0 Å². The molecule has 1 heterocycles. The molecule has 0 saturated carbocycles. The lowest BCUT2D eigenvalue weighted by Crippen LogP contribution is -2.14. The van der Waals surface area contributed by atoms with Crippen molar-refractivity contribution in [1.29, 1.82) is 0 Å². The van der Waals surface area contributed by atoms with Crippen molar-refractivity contribution in [3.63, 3.8) is 0 Å². The first-order chi connectivity index (χ1) is 11.1. The average molecular weight is 418 g/mol. The number of nitrogens with zero attached hydrogens (tertiary/aromatic N) is 2. The summed E-state index contributed by atoms with van der Waals surface area (Å²) in [5.74, 6) is 1.51. The molecule has 5 heteroatoms. The van der Waals surface area contributed by atoms with Crippen molar-refractivity contribution in [2.45, 2.75) is 26.4 Å². The summed E-state index contributed by atoms with van der Waals surface area (Å²) in [6.07, 6.45) is 0. The summed E-state index contributed by atoms with van der Waals surface area (Å²) in [4.78, 5) is 9.22. The molecule has 0 aliphatic carbocycles. The normalized spacial score (nSPS) is 11.0. The third kappa shape index (κ3) is 4.10. The fraction of sp³-hybridized carbons (Fsp3) is 0.222. The van der Waals surface area contributed by atoms with E-state index in [0.717, 1.165) is 23.3 Å². The molecule has 0 atom stereocenters. The van der Waals surface area contributed by atoms with Gasteiger partial charge in [0.25, 0.3) is 0 Å². The molecule has 0 aliphatic heterocycles. The molecular weight excluding hydrogens is 399 g/mol. The quantitative estimate of drug-likeness (QED) is 0.592. The third-order valence-corrected chi connectivity index (χ3v) is 4.11. The lowest BCUT2D eigenvalue weighted by atomic mass is 10.2. The van der Waals surface area contributed by atoms with E-state index in [1.54, 1.807) is 0 Å². The van der Waals surface area contributed by atoms with Gasteiger partial charge in [-0.1, -0.05) is 24.3 Å². The van der Waals surface area contributed by atoms with E-state index in [-0.39, 0.29) is 0 Å². The molecule has 4 nitrogen and oxygen atoms in total. The first kappa shape index (κ1) is 16.0. The largest absolute Gasteiger partial charge is 0.365 e. The molecule has 2 aromatic carbocycles. The first-order valence-electron chi connectivity index (χ1n) is 7.63. The minimum atomic E-state index is 0.292. The minimum Gasteiger partial charge on any atom is -0.365 e. The Morgan fingerprint density at radius 1 is 1.00 bits per heavy atom. The molecule has 0 spiro atoms. The van der Waals surface area contributed by atoms with Crippen LogP contribution in [0.5, 0.6) is 0 Å². The highest BCUT2D eigenvalue weighted by molar-refractivity contribution is 14.1. The standard InChI is InChI=1S/C18H19IN4/c1-12(2)21-18-22-16-6-4-3-5-15(16)17(23-18)20-11-13-7-9-14(19)10-8-13/h3-10,12H,11H2,1-2H3,(H2,20,21,22,23). The van der Waals surface area contributed by atoms with E-state index in [9.17, 15) is 0 Å². The molecule has 0 fully saturated rings. The molecule has 0 bridgehead atoms. The van der Waals surface area contributed by atoms with Crippen molar-refractivity contribution >= 4 is 45.3 Å². The summed E-state index contributed by atoms with van der Waals surface area (Å²) in [7, 11) is 0. The fourth-order valence-electron chi connectivity index (χ4n) is 2.32. The van der Waals surface area contributed by atoms with Crippen molar-refractivity contribution in [1.82, 2.24) is 9.97 Å². The van der Waals surface area contributed by atoms with E-state index in [1.165, 1.54) is 9.13 Å². The summed E-state index contributed by atoms with van der Waals surface area (Å²) < 4.78 is 1.24. The summed E-state index contributed by atoms with van der Waals surface area (Å²) in [5, 5.41) is 7.76. The predicted octanol–water partition coefficient (Wildman–Crippen LogP) is 4.67. The van der Waals surface area contributed by atoms with Gasteiger partial charge in [0.2, 0.25) is 5.95 Å². The number of aromatic nitrogens is 2. The third-order valence-electron chi connectivity index (χ3n) is 3.39. The highest BCUT2D eigenvalue weighted by atomic mass is 127. The number of halogens is 1. The van der Waals surface area contributed by atoms with Gasteiger partial charge in [-0.3, -0.25) is 0 Å². The maximum Gasteiger partial charge on any atom is 0.225 e. The maximum atomic E-state index is 4.64. The summed E-state index contributed by atoms with van der Waals surface area (Å²) >= 11 is 2.31. The van der Waals surface area contributed by atoms with E-state index in [2.05, 4.69) is 81.3 Å². The molecule has 1 aromatic heterocycles. The minimum absolute atomic E-state index is 0.292. The zero-order valence-corrected chi connectivity index (χ0v) is 15.3. The molecule has 2 N–H and O–H groups in total. The Balaban J connectivity index is 1.89. The van der Waals surface area contributed by atoms with Gasteiger partial charge in [-0.15, -0.1) is 0 Å². The summed E-state index contributed by atoms with van der Waals surface area (Å²) in [6.45, 7) is 4.90. The fourth-order valence-corrected chi connectivity index (χ4v) is 2.68. The number of hydrogen-bond acceptors (Lipinski definition) is 4. The molecule has 0 amide bonds. The van der Waals surface area contributed by atoms with E-state index in [0.29, 0.717) is 12.0 Å². The molecule has 0 saturated heterocycles. The number of anilines is 2. The van der Waals surface area contributed by atoms with Crippen LogP contribution in [0.2, 0.25) is 0 Å². The topological polar surface area (TPSA) is 49.8 Å². The smallest absolute Gasteiger partial charge is 0.225 e. The van der Waals surface area contributed by atoms with Crippen LogP contribution in [0, 0.1) is 3.57 Å². The Morgan fingerprint density at radius 2 is 1.74 bits per heavy atom. The highest BCUT2D eigenvalue weighted by Gasteiger charge is 2.08. The molecule has 0 radical (unpaired) electrons. The van der Waals surface area contributed by atoms with Crippen molar-refractivity contribution in [2.75, 3.05) is 10.6 Å². The van der Waals surface area contributed by atoms with Crippen molar-refractivity contribution < 1.29 is 0 Å². The van der Waals surface area contributed by atoms with Crippen molar-refractivity contribution in [3.05, 3.63) is 57.7 Å². The number of hydrogen-bond donors (Lipinski definition) is 2. The maximum absolute atomic E-state index is 4.64. The van der Waals surface area contributed by atoms with Crippen LogP contribution in [-0.4, -0.2) is 16.0 Å². The van der Waals surface area contributed by atoms with Crippen LogP contribution in [-0.2, 0) is 6.54 Å². The molecule has 118 valence electrons. The monoisotopic (exact) mass is 418 g/mol. The number of rotatable bonds is 5. The van der Waals surface area contributed by atoms with Gasteiger partial charge in [0.1, 0.15) is 5.82 Å². The Kier molecular flexibility index (Phi) is 4.95. The summed E-state index contributed by atoms with van der Waals surface area (Å²) in [6, 6.07) is 16.8. The molecule has 0 unspecified atom stereocenters. The molecule has 0 aliphatic rings. The van der Waals surface area contributed by atoms with Gasteiger partial charge in [0, 0.05) is 21.5 Å². The molecule has 3 rings (SSSR count). The van der Waals surface area contributed by atoms with Crippen molar-refractivity contribution in [3.8, 4) is 0 Å². The molecule has 3 aromatic rings. The van der Waals surface area contributed by atoms with Crippen LogP contribution >= 0.6 is 22.6 Å². The van der Waals surface area contributed by atoms with Gasteiger partial charge in [0.15, 0.2) is 0 Å². The SMILES string of the molecule is CC(C)Nc1nc(NCc2ccc(I)cc2)c2ccccc2n1. The van der Waals surface area contributed by atoms with Crippen LogP contribution in [0.1, 0.15) is 19.4 Å². The van der Waals surface area contributed by atoms with Crippen LogP contribution in [0.3, 0.4) is 0 Å². The average Bonchev–Trinajstić information content (AvgIpc) is 2.53. The Morgan fingerprint density at radius 3 is 2.48 bits per heavy atom. The van der Waals surface area contributed by atoms with Crippen LogP contribution in [0.4, 0.5) is 11.8 Å². The Labute approximate surface area is 149 Å². The Hall–Kier alpha value is -1.89. The van der Waals surface area contributed by atoms with Gasteiger partial charge in [-0.05, 0) is 66.3 Å². The number of para-hydroxylation sites is 1. The molecular formula is C18H19IN4. The lowest BCUT2D eigenvalue weighted by molar-refractivity contribution is 0.877. The number of nitrogens with one attached hydrogen (secondary N) is 2.